The highest BCUT2D eigenvalue weighted by atomic mass is 16.5. The van der Waals surface area contributed by atoms with Crippen molar-refractivity contribution in [2.75, 3.05) is 6.61 Å². The molecule has 1 saturated carbocycles. The summed E-state index contributed by atoms with van der Waals surface area (Å²) in [7, 11) is 0. The van der Waals surface area contributed by atoms with E-state index in [1.165, 1.54) is 38.5 Å². The van der Waals surface area contributed by atoms with Crippen LogP contribution in [0, 0.1) is 5.92 Å². The summed E-state index contributed by atoms with van der Waals surface area (Å²) in [6.45, 7) is 3.07. The Balaban J connectivity index is 1.61. The standard InChI is InChI=1S/C15H27NO2/c1-11-4-5-13(18-11)14(16)12-6-9-17-15(10-12)7-2-3-8-15/h11-14H,2-10,16H2,1H3. The first-order valence-electron chi connectivity index (χ1n) is 7.74. The molecule has 2 heterocycles. The van der Waals surface area contributed by atoms with Crippen molar-refractivity contribution in [1.29, 1.82) is 0 Å². The highest BCUT2D eigenvalue weighted by Gasteiger charge is 2.43. The molecule has 3 nitrogen and oxygen atoms in total. The third-order valence-electron chi connectivity index (χ3n) is 5.28. The van der Waals surface area contributed by atoms with Gasteiger partial charge in [-0.1, -0.05) is 12.8 Å². The number of hydrogen-bond acceptors (Lipinski definition) is 3. The average Bonchev–Trinajstić information content (AvgIpc) is 2.98. The fraction of sp³-hybridized carbons (Fsp3) is 1.00. The van der Waals surface area contributed by atoms with Crippen molar-refractivity contribution in [3.8, 4) is 0 Å². The number of hydrogen-bond donors (Lipinski definition) is 1. The van der Waals surface area contributed by atoms with Gasteiger partial charge >= 0.3 is 0 Å². The maximum absolute atomic E-state index is 6.49. The monoisotopic (exact) mass is 253 g/mol. The van der Waals surface area contributed by atoms with Crippen molar-refractivity contribution < 1.29 is 9.47 Å². The van der Waals surface area contributed by atoms with Crippen LogP contribution in [0.15, 0.2) is 0 Å². The van der Waals surface area contributed by atoms with Crippen LogP contribution in [0.2, 0.25) is 0 Å². The van der Waals surface area contributed by atoms with Gasteiger partial charge in [0.15, 0.2) is 0 Å². The molecule has 104 valence electrons. The minimum absolute atomic E-state index is 0.185. The molecule has 1 aliphatic carbocycles. The average molecular weight is 253 g/mol. The predicted molar refractivity (Wildman–Crippen MR) is 71.4 cm³/mol. The first-order chi connectivity index (χ1) is 8.69. The van der Waals surface area contributed by atoms with E-state index in [4.69, 9.17) is 15.2 Å². The lowest BCUT2D eigenvalue weighted by Crippen LogP contribution is -2.48. The Labute approximate surface area is 110 Å². The van der Waals surface area contributed by atoms with Gasteiger partial charge in [-0.3, -0.25) is 0 Å². The molecular weight excluding hydrogens is 226 g/mol. The Morgan fingerprint density at radius 3 is 2.61 bits per heavy atom. The summed E-state index contributed by atoms with van der Waals surface area (Å²) >= 11 is 0. The SMILES string of the molecule is CC1CCC(C(N)C2CCOC3(CCCC3)C2)O1. The Bertz CT molecular complexity index is 288. The molecule has 4 atom stereocenters. The van der Waals surface area contributed by atoms with Crippen molar-refractivity contribution in [2.24, 2.45) is 11.7 Å². The lowest BCUT2D eigenvalue weighted by Gasteiger charge is -2.41. The van der Waals surface area contributed by atoms with E-state index in [0.29, 0.717) is 18.1 Å². The van der Waals surface area contributed by atoms with Crippen LogP contribution >= 0.6 is 0 Å². The second-order valence-electron chi connectivity index (χ2n) is 6.63. The molecule has 3 aliphatic rings. The molecule has 0 aromatic rings. The molecule has 4 unspecified atom stereocenters. The van der Waals surface area contributed by atoms with Crippen molar-refractivity contribution >= 4 is 0 Å². The van der Waals surface area contributed by atoms with Crippen molar-refractivity contribution in [1.82, 2.24) is 0 Å². The van der Waals surface area contributed by atoms with Gasteiger partial charge in [0, 0.05) is 12.6 Å². The van der Waals surface area contributed by atoms with Crippen LogP contribution in [0.4, 0.5) is 0 Å². The summed E-state index contributed by atoms with van der Waals surface area (Å²) in [4.78, 5) is 0. The van der Waals surface area contributed by atoms with Crippen molar-refractivity contribution in [3.05, 3.63) is 0 Å². The predicted octanol–water partition coefficient (Wildman–Crippen LogP) is 2.62. The van der Waals surface area contributed by atoms with E-state index in [2.05, 4.69) is 6.92 Å². The quantitative estimate of drug-likeness (QED) is 0.822. The highest BCUT2D eigenvalue weighted by molar-refractivity contribution is 4.96. The minimum Gasteiger partial charge on any atom is -0.375 e. The zero-order chi connectivity index (χ0) is 12.6. The molecule has 0 bridgehead atoms. The molecule has 1 spiro atoms. The first-order valence-corrected chi connectivity index (χ1v) is 7.74. The van der Waals surface area contributed by atoms with Gasteiger partial charge in [-0.05, 0) is 51.4 Å². The second-order valence-corrected chi connectivity index (χ2v) is 6.63. The van der Waals surface area contributed by atoms with Crippen molar-refractivity contribution in [2.45, 2.75) is 82.1 Å². The Hall–Kier alpha value is -0.120. The molecule has 0 aromatic carbocycles. The van der Waals surface area contributed by atoms with E-state index in [1.54, 1.807) is 0 Å². The van der Waals surface area contributed by atoms with E-state index in [1.807, 2.05) is 0 Å². The molecule has 2 saturated heterocycles. The maximum atomic E-state index is 6.49. The van der Waals surface area contributed by atoms with Crippen LogP contribution in [-0.2, 0) is 9.47 Å². The molecule has 2 aliphatic heterocycles. The van der Waals surface area contributed by atoms with Crippen LogP contribution in [0.5, 0.6) is 0 Å². The lowest BCUT2D eigenvalue weighted by molar-refractivity contribution is -0.104. The van der Waals surface area contributed by atoms with Gasteiger partial charge in [0.1, 0.15) is 0 Å². The molecule has 3 fully saturated rings. The smallest absolute Gasteiger partial charge is 0.0733 e. The lowest BCUT2D eigenvalue weighted by atomic mass is 9.79. The maximum Gasteiger partial charge on any atom is 0.0733 e. The number of nitrogens with two attached hydrogens (primary N) is 1. The van der Waals surface area contributed by atoms with E-state index >= 15 is 0 Å². The van der Waals surface area contributed by atoms with Crippen LogP contribution in [0.3, 0.4) is 0 Å². The molecule has 18 heavy (non-hydrogen) atoms. The van der Waals surface area contributed by atoms with Gasteiger partial charge in [-0.25, -0.2) is 0 Å². The largest absolute Gasteiger partial charge is 0.375 e. The fourth-order valence-corrected chi connectivity index (χ4v) is 4.18. The van der Waals surface area contributed by atoms with E-state index in [0.717, 1.165) is 19.4 Å². The summed E-state index contributed by atoms with van der Waals surface area (Å²) < 4.78 is 12.1. The number of rotatable bonds is 2. The van der Waals surface area contributed by atoms with E-state index in [-0.39, 0.29) is 11.6 Å². The summed E-state index contributed by atoms with van der Waals surface area (Å²) in [5.74, 6) is 0.604. The van der Waals surface area contributed by atoms with Crippen LogP contribution in [-0.4, -0.2) is 30.5 Å². The molecular formula is C15H27NO2. The third kappa shape index (κ3) is 2.45. The number of ether oxygens (including phenoxy) is 2. The molecule has 2 N–H and O–H groups in total. The van der Waals surface area contributed by atoms with E-state index in [9.17, 15) is 0 Å². The molecule has 3 rings (SSSR count). The van der Waals surface area contributed by atoms with Crippen LogP contribution in [0.25, 0.3) is 0 Å². The Morgan fingerprint density at radius 1 is 1.17 bits per heavy atom. The highest BCUT2D eigenvalue weighted by Crippen LogP contribution is 2.43. The second kappa shape index (κ2) is 5.10. The van der Waals surface area contributed by atoms with Gasteiger partial charge in [0.25, 0.3) is 0 Å². The minimum atomic E-state index is 0.185. The summed E-state index contributed by atoms with van der Waals surface area (Å²) in [6.07, 6.45) is 10.5. The normalized spacial score (nSPS) is 41.3. The van der Waals surface area contributed by atoms with Crippen molar-refractivity contribution in [3.63, 3.8) is 0 Å². The molecule has 0 amide bonds. The summed E-state index contributed by atoms with van der Waals surface area (Å²) in [5, 5.41) is 0. The van der Waals surface area contributed by atoms with E-state index < -0.39 is 0 Å². The zero-order valence-corrected chi connectivity index (χ0v) is 11.6. The van der Waals surface area contributed by atoms with Gasteiger partial charge in [-0.2, -0.15) is 0 Å². The topological polar surface area (TPSA) is 44.5 Å². The zero-order valence-electron chi connectivity index (χ0n) is 11.6. The van der Waals surface area contributed by atoms with Crippen LogP contribution < -0.4 is 5.73 Å². The third-order valence-corrected chi connectivity index (χ3v) is 5.28. The summed E-state index contributed by atoms with van der Waals surface area (Å²) in [6, 6.07) is 0.219. The van der Waals surface area contributed by atoms with Gasteiger partial charge in [0.05, 0.1) is 17.8 Å². The fourth-order valence-electron chi connectivity index (χ4n) is 4.18. The molecule has 0 aromatic heterocycles. The van der Waals surface area contributed by atoms with Gasteiger partial charge in [0.2, 0.25) is 0 Å². The Kier molecular flexibility index (Phi) is 3.65. The van der Waals surface area contributed by atoms with Gasteiger partial charge in [-0.15, -0.1) is 0 Å². The first kappa shape index (κ1) is 12.9. The van der Waals surface area contributed by atoms with Crippen LogP contribution in [0.1, 0.15) is 58.3 Å². The van der Waals surface area contributed by atoms with Gasteiger partial charge < -0.3 is 15.2 Å². The molecule has 3 heteroatoms. The Morgan fingerprint density at radius 2 is 1.94 bits per heavy atom. The molecule has 0 radical (unpaired) electrons. The summed E-state index contributed by atoms with van der Waals surface area (Å²) in [5.41, 5.74) is 6.67.